The first-order valence-electron chi connectivity index (χ1n) is 5.15. The number of pyridine rings is 1. The zero-order valence-corrected chi connectivity index (χ0v) is 11.2. The molecule has 1 amide bonds. The van der Waals surface area contributed by atoms with Gasteiger partial charge in [-0.05, 0) is 19.4 Å². The number of rotatable bonds is 5. The van der Waals surface area contributed by atoms with Crippen LogP contribution in [0.5, 0.6) is 0 Å². The highest BCUT2D eigenvalue weighted by Crippen LogP contribution is 2.18. The molecular weight excluding hydrogens is 263 g/mol. The summed E-state index contributed by atoms with van der Waals surface area (Å²) in [5.41, 5.74) is 0.330. The number of carbonyl (C=O) groups is 1. The van der Waals surface area contributed by atoms with Crippen molar-refractivity contribution in [1.29, 1.82) is 0 Å². The maximum Gasteiger partial charge on any atom is 0.253 e. The summed E-state index contributed by atoms with van der Waals surface area (Å²) in [7, 11) is 1.62. The topological polar surface area (TPSA) is 51.2 Å². The van der Waals surface area contributed by atoms with Crippen LogP contribution in [0, 0.1) is 0 Å². The summed E-state index contributed by atoms with van der Waals surface area (Å²) >= 11 is 11.6. The zero-order valence-electron chi connectivity index (χ0n) is 9.67. The molecule has 0 aliphatic carbocycles. The predicted octanol–water partition coefficient (Wildman–Crippen LogP) is 2.54. The number of nitrogens with zero attached hydrogens (tertiary/aromatic N) is 1. The van der Waals surface area contributed by atoms with E-state index in [0.29, 0.717) is 12.2 Å². The third-order valence-corrected chi connectivity index (χ3v) is 2.71. The molecule has 1 aromatic rings. The Hall–Kier alpha value is -0.840. The maximum atomic E-state index is 11.9. The van der Waals surface area contributed by atoms with Crippen LogP contribution in [0.25, 0.3) is 0 Å². The molecule has 4 nitrogen and oxygen atoms in total. The number of hydrogen-bond acceptors (Lipinski definition) is 3. The van der Waals surface area contributed by atoms with Gasteiger partial charge in [-0.15, -0.1) is 0 Å². The van der Waals surface area contributed by atoms with Crippen molar-refractivity contribution in [3.63, 3.8) is 0 Å². The van der Waals surface area contributed by atoms with Gasteiger partial charge in [0.25, 0.3) is 5.91 Å². The average molecular weight is 277 g/mol. The zero-order chi connectivity index (χ0) is 12.8. The van der Waals surface area contributed by atoms with Crippen molar-refractivity contribution in [2.75, 3.05) is 13.7 Å². The van der Waals surface area contributed by atoms with Gasteiger partial charge in [-0.2, -0.15) is 0 Å². The number of methoxy groups -OCH3 is 1. The van der Waals surface area contributed by atoms with Gasteiger partial charge in [-0.3, -0.25) is 4.79 Å². The van der Waals surface area contributed by atoms with Gasteiger partial charge in [0.05, 0.1) is 10.6 Å². The van der Waals surface area contributed by atoms with Crippen LogP contribution in [0.4, 0.5) is 0 Å². The van der Waals surface area contributed by atoms with E-state index in [2.05, 4.69) is 10.3 Å². The first-order chi connectivity index (χ1) is 8.04. The molecule has 1 N–H and O–H groups in total. The van der Waals surface area contributed by atoms with Crippen molar-refractivity contribution < 1.29 is 9.53 Å². The molecule has 0 aliphatic rings. The fourth-order valence-corrected chi connectivity index (χ4v) is 1.60. The first-order valence-corrected chi connectivity index (χ1v) is 5.91. The lowest BCUT2D eigenvalue weighted by Gasteiger charge is -2.13. The number of halogens is 2. The molecule has 17 heavy (non-hydrogen) atoms. The minimum Gasteiger partial charge on any atom is -0.385 e. The van der Waals surface area contributed by atoms with Gasteiger partial charge in [-0.1, -0.05) is 23.2 Å². The number of hydrogen-bond donors (Lipinski definition) is 1. The maximum absolute atomic E-state index is 11.9. The summed E-state index contributed by atoms with van der Waals surface area (Å²) in [5.74, 6) is -0.261. The molecular formula is C11H14Cl2N2O2. The Balaban J connectivity index is 2.66. The summed E-state index contributed by atoms with van der Waals surface area (Å²) in [6, 6.07) is 1.45. The second-order valence-electron chi connectivity index (χ2n) is 3.64. The van der Waals surface area contributed by atoms with Crippen molar-refractivity contribution >= 4 is 29.1 Å². The lowest BCUT2D eigenvalue weighted by Crippen LogP contribution is -2.33. The standard InChI is InChI=1S/C11H14Cl2N2O2/c1-7(3-4-17-2)15-11(16)8-5-10(13)14-6-9(8)12/h5-7H,3-4H2,1-2H3,(H,15,16). The molecule has 1 rings (SSSR count). The fraction of sp³-hybridized carbons (Fsp3) is 0.455. The highest BCUT2D eigenvalue weighted by molar-refractivity contribution is 6.35. The minimum absolute atomic E-state index is 0.00505. The van der Waals surface area contributed by atoms with E-state index >= 15 is 0 Å². The highest BCUT2D eigenvalue weighted by Gasteiger charge is 2.13. The van der Waals surface area contributed by atoms with E-state index in [4.69, 9.17) is 27.9 Å². The number of carbonyl (C=O) groups excluding carboxylic acids is 1. The summed E-state index contributed by atoms with van der Waals surface area (Å²) in [6.45, 7) is 2.49. The molecule has 0 aliphatic heterocycles. The van der Waals surface area contributed by atoms with Crippen LogP contribution >= 0.6 is 23.2 Å². The second kappa shape index (κ2) is 6.79. The highest BCUT2D eigenvalue weighted by atomic mass is 35.5. The van der Waals surface area contributed by atoms with Crippen molar-refractivity contribution in [2.24, 2.45) is 0 Å². The summed E-state index contributed by atoms with van der Waals surface area (Å²) in [5, 5.41) is 3.33. The molecule has 0 saturated carbocycles. The summed E-state index contributed by atoms with van der Waals surface area (Å²) in [6.07, 6.45) is 2.09. The largest absolute Gasteiger partial charge is 0.385 e. The van der Waals surface area contributed by atoms with Crippen LogP contribution in [0.3, 0.4) is 0 Å². The van der Waals surface area contributed by atoms with E-state index in [-0.39, 0.29) is 22.1 Å². The molecule has 1 atom stereocenters. The molecule has 1 aromatic heterocycles. The molecule has 0 saturated heterocycles. The Labute approximate surface area is 110 Å². The fourth-order valence-electron chi connectivity index (χ4n) is 1.26. The second-order valence-corrected chi connectivity index (χ2v) is 4.44. The van der Waals surface area contributed by atoms with Crippen molar-refractivity contribution in [2.45, 2.75) is 19.4 Å². The van der Waals surface area contributed by atoms with Crippen LogP contribution in [0.2, 0.25) is 10.2 Å². The SMILES string of the molecule is COCCC(C)NC(=O)c1cc(Cl)ncc1Cl. The lowest BCUT2D eigenvalue weighted by molar-refractivity contribution is 0.0929. The Bertz CT molecular complexity index is 399. The minimum atomic E-state index is -0.261. The van der Waals surface area contributed by atoms with Gasteiger partial charge in [0.1, 0.15) is 5.15 Å². The molecule has 94 valence electrons. The van der Waals surface area contributed by atoms with E-state index in [1.165, 1.54) is 12.3 Å². The van der Waals surface area contributed by atoms with E-state index < -0.39 is 0 Å². The molecule has 0 spiro atoms. The van der Waals surface area contributed by atoms with E-state index in [9.17, 15) is 4.79 Å². The number of amides is 1. The van der Waals surface area contributed by atoms with E-state index in [1.54, 1.807) is 7.11 Å². The van der Waals surface area contributed by atoms with E-state index in [0.717, 1.165) is 6.42 Å². The molecule has 0 bridgehead atoms. The third-order valence-electron chi connectivity index (χ3n) is 2.20. The Morgan fingerprint density at radius 3 is 2.94 bits per heavy atom. The Morgan fingerprint density at radius 2 is 2.29 bits per heavy atom. The monoisotopic (exact) mass is 276 g/mol. The summed E-state index contributed by atoms with van der Waals surface area (Å²) in [4.78, 5) is 15.7. The first kappa shape index (κ1) is 14.2. The molecule has 0 radical (unpaired) electrons. The lowest BCUT2D eigenvalue weighted by atomic mass is 10.2. The number of ether oxygens (including phenoxy) is 1. The van der Waals surface area contributed by atoms with Crippen LogP contribution in [0.15, 0.2) is 12.3 Å². The average Bonchev–Trinajstić information content (AvgIpc) is 2.29. The van der Waals surface area contributed by atoms with Gasteiger partial charge in [0, 0.05) is 26.0 Å². The predicted molar refractivity (Wildman–Crippen MR) is 67.7 cm³/mol. The van der Waals surface area contributed by atoms with Gasteiger partial charge in [-0.25, -0.2) is 4.98 Å². The van der Waals surface area contributed by atoms with Crippen molar-refractivity contribution in [3.05, 3.63) is 28.0 Å². The van der Waals surface area contributed by atoms with Gasteiger partial charge >= 0.3 is 0 Å². The van der Waals surface area contributed by atoms with Crippen molar-refractivity contribution in [1.82, 2.24) is 10.3 Å². The Kier molecular flexibility index (Phi) is 5.68. The molecule has 1 heterocycles. The quantitative estimate of drug-likeness (QED) is 0.841. The van der Waals surface area contributed by atoms with Gasteiger partial charge < -0.3 is 10.1 Å². The summed E-state index contributed by atoms with van der Waals surface area (Å²) < 4.78 is 4.93. The van der Waals surface area contributed by atoms with Gasteiger partial charge in [0.15, 0.2) is 0 Å². The molecule has 0 fully saturated rings. The van der Waals surface area contributed by atoms with Crippen LogP contribution in [-0.4, -0.2) is 30.6 Å². The van der Waals surface area contributed by atoms with E-state index in [1.807, 2.05) is 6.92 Å². The third kappa shape index (κ3) is 4.50. The smallest absolute Gasteiger partial charge is 0.253 e. The van der Waals surface area contributed by atoms with Gasteiger partial charge in [0.2, 0.25) is 0 Å². The van der Waals surface area contributed by atoms with Crippen LogP contribution in [-0.2, 0) is 4.74 Å². The van der Waals surface area contributed by atoms with Crippen molar-refractivity contribution in [3.8, 4) is 0 Å². The molecule has 0 aromatic carbocycles. The normalized spacial score (nSPS) is 12.2. The number of aromatic nitrogens is 1. The van der Waals surface area contributed by atoms with Crippen LogP contribution < -0.4 is 5.32 Å². The number of nitrogens with one attached hydrogen (secondary N) is 1. The molecule has 6 heteroatoms. The molecule has 1 unspecified atom stereocenters. The Morgan fingerprint density at radius 1 is 1.59 bits per heavy atom. The van der Waals surface area contributed by atoms with Crippen LogP contribution in [0.1, 0.15) is 23.7 Å².